The standard InChI is InChI=1S/C11H17N3O3S/c12-9-3-1-2-8(9)11-13-10(14-17-11)7-4-5-18(15,16)6-7/h7-9H,1-6,12H2. The van der Waals surface area contributed by atoms with Crippen molar-refractivity contribution >= 4 is 9.84 Å². The molecular weight excluding hydrogens is 254 g/mol. The SMILES string of the molecule is NC1CCCC1c1nc(C2CCS(=O)(=O)C2)no1. The molecule has 7 heteroatoms. The number of rotatable bonds is 2. The van der Waals surface area contributed by atoms with Gasteiger partial charge in [-0.25, -0.2) is 8.42 Å². The summed E-state index contributed by atoms with van der Waals surface area (Å²) in [5.41, 5.74) is 5.99. The smallest absolute Gasteiger partial charge is 0.231 e. The summed E-state index contributed by atoms with van der Waals surface area (Å²) >= 11 is 0. The van der Waals surface area contributed by atoms with Gasteiger partial charge in [-0.15, -0.1) is 0 Å². The van der Waals surface area contributed by atoms with Crippen LogP contribution in [0.25, 0.3) is 0 Å². The van der Waals surface area contributed by atoms with E-state index in [0.717, 1.165) is 19.3 Å². The second-order valence-corrected chi connectivity index (χ2v) is 7.52. The molecule has 1 aromatic heterocycles. The lowest BCUT2D eigenvalue weighted by atomic mass is 10.0. The van der Waals surface area contributed by atoms with E-state index >= 15 is 0 Å². The van der Waals surface area contributed by atoms with Crippen molar-refractivity contribution in [3.8, 4) is 0 Å². The summed E-state index contributed by atoms with van der Waals surface area (Å²) < 4.78 is 28.1. The van der Waals surface area contributed by atoms with Crippen LogP contribution >= 0.6 is 0 Å². The molecule has 0 spiro atoms. The molecule has 2 heterocycles. The Hall–Kier alpha value is -0.950. The van der Waals surface area contributed by atoms with E-state index in [1.807, 2.05) is 0 Å². The van der Waals surface area contributed by atoms with E-state index in [0.29, 0.717) is 18.1 Å². The van der Waals surface area contributed by atoms with Crippen molar-refractivity contribution in [2.24, 2.45) is 5.73 Å². The first-order chi connectivity index (χ1) is 8.55. The zero-order chi connectivity index (χ0) is 12.8. The van der Waals surface area contributed by atoms with Gasteiger partial charge in [0.25, 0.3) is 0 Å². The lowest BCUT2D eigenvalue weighted by molar-refractivity contribution is 0.340. The Kier molecular flexibility index (Phi) is 2.90. The van der Waals surface area contributed by atoms with Gasteiger partial charge in [-0.05, 0) is 19.3 Å². The maximum Gasteiger partial charge on any atom is 0.231 e. The molecular formula is C11H17N3O3S. The zero-order valence-electron chi connectivity index (χ0n) is 10.1. The van der Waals surface area contributed by atoms with Crippen molar-refractivity contribution in [1.29, 1.82) is 0 Å². The third kappa shape index (κ3) is 2.16. The molecule has 1 aromatic rings. The first-order valence-corrected chi connectivity index (χ1v) is 8.17. The highest BCUT2D eigenvalue weighted by Gasteiger charge is 2.35. The van der Waals surface area contributed by atoms with Crippen LogP contribution in [0.2, 0.25) is 0 Å². The average molecular weight is 271 g/mol. The summed E-state index contributed by atoms with van der Waals surface area (Å²) in [5, 5.41) is 3.94. The first-order valence-electron chi connectivity index (χ1n) is 6.35. The number of hydrogen-bond acceptors (Lipinski definition) is 6. The molecule has 2 aliphatic rings. The molecule has 2 fully saturated rings. The Labute approximate surface area is 106 Å². The van der Waals surface area contributed by atoms with Gasteiger partial charge in [0.2, 0.25) is 5.89 Å². The molecule has 3 atom stereocenters. The fourth-order valence-electron chi connectivity index (χ4n) is 2.86. The molecule has 100 valence electrons. The van der Waals surface area contributed by atoms with Gasteiger partial charge in [-0.2, -0.15) is 4.98 Å². The van der Waals surface area contributed by atoms with Crippen molar-refractivity contribution < 1.29 is 12.9 Å². The number of sulfone groups is 1. The van der Waals surface area contributed by atoms with Crippen LogP contribution < -0.4 is 5.73 Å². The Morgan fingerprint density at radius 1 is 1.28 bits per heavy atom. The van der Waals surface area contributed by atoms with E-state index in [4.69, 9.17) is 10.3 Å². The molecule has 2 N–H and O–H groups in total. The molecule has 0 aromatic carbocycles. The molecule has 0 amide bonds. The topological polar surface area (TPSA) is 99.1 Å². The molecule has 1 saturated carbocycles. The van der Waals surface area contributed by atoms with Gasteiger partial charge in [0.1, 0.15) is 0 Å². The molecule has 18 heavy (non-hydrogen) atoms. The summed E-state index contributed by atoms with van der Waals surface area (Å²) in [6.07, 6.45) is 3.64. The second kappa shape index (κ2) is 4.31. The van der Waals surface area contributed by atoms with E-state index in [1.54, 1.807) is 0 Å². The van der Waals surface area contributed by atoms with Crippen LogP contribution in [0.3, 0.4) is 0 Å². The van der Waals surface area contributed by atoms with Crippen LogP contribution in [0.1, 0.15) is 49.2 Å². The fraction of sp³-hybridized carbons (Fsp3) is 0.818. The zero-order valence-corrected chi connectivity index (χ0v) is 10.9. The van der Waals surface area contributed by atoms with Gasteiger partial charge in [0.15, 0.2) is 15.7 Å². The number of nitrogens with zero attached hydrogens (tertiary/aromatic N) is 2. The Morgan fingerprint density at radius 3 is 2.72 bits per heavy atom. The predicted octanol–water partition coefficient (Wildman–Crippen LogP) is 0.567. The van der Waals surface area contributed by atoms with Gasteiger partial charge in [-0.1, -0.05) is 11.6 Å². The van der Waals surface area contributed by atoms with Crippen LogP contribution in [-0.2, 0) is 9.84 Å². The number of nitrogens with two attached hydrogens (primary N) is 1. The van der Waals surface area contributed by atoms with Gasteiger partial charge in [0, 0.05) is 12.0 Å². The molecule has 3 rings (SSSR count). The summed E-state index contributed by atoms with van der Waals surface area (Å²) in [5.74, 6) is 1.52. The van der Waals surface area contributed by atoms with E-state index in [1.165, 1.54) is 0 Å². The van der Waals surface area contributed by atoms with E-state index in [9.17, 15) is 8.42 Å². The Morgan fingerprint density at radius 2 is 2.11 bits per heavy atom. The van der Waals surface area contributed by atoms with Gasteiger partial charge >= 0.3 is 0 Å². The summed E-state index contributed by atoms with van der Waals surface area (Å²) in [6.45, 7) is 0. The van der Waals surface area contributed by atoms with Crippen LogP contribution in [-0.4, -0.2) is 36.1 Å². The van der Waals surface area contributed by atoms with Crippen molar-refractivity contribution in [2.45, 2.75) is 43.6 Å². The molecule has 3 unspecified atom stereocenters. The quantitative estimate of drug-likeness (QED) is 0.844. The Bertz CT molecular complexity index is 539. The molecule has 1 saturated heterocycles. The third-order valence-corrected chi connectivity index (χ3v) is 5.71. The van der Waals surface area contributed by atoms with Gasteiger partial charge < -0.3 is 10.3 Å². The van der Waals surface area contributed by atoms with Crippen molar-refractivity contribution in [2.75, 3.05) is 11.5 Å². The van der Waals surface area contributed by atoms with Crippen LogP contribution in [0.5, 0.6) is 0 Å². The normalized spacial score (nSPS) is 35.1. The fourth-order valence-corrected chi connectivity index (χ4v) is 4.60. The van der Waals surface area contributed by atoms with Crippen LogP contribution in [0.15, 0.2) is 4.52 Å². The molecule has 0 bridgehead atoms. The minimum atomic E-state index is -2.91. The number of aromatic nitrogens is 2. The van der Waals surface area contributed by atoms with E-state index in [-0.39, 0.29) is 29.4 Å². The first kappa shape index (κ1) is 12.1. The van der Waals surface area contributed by atoms with E-state index < -0.39 is 9.84 Å². The van der Waals surface area contributed by atoms with E-state index in [2.05, 4.69) is 10.1 Å². The average Bonchev–Trinajstić information content (AvgIpc) is 2.97. The highest BCUT2D eigenvalue weighted by molar-refractivity contribution is 7.91. The monoisotopic (exact) mass is 271 g/mol. The molecule has 1 aliphatic carbocycles. The minimum Gasteiger partial charge on any atom is -0.339 e. The lowest BCUT2D eigenvalue weighted by Crippen LogP contribution is -2.23. The van der Waals surface area contributed by atoms with Crippen molar-refractivity contribution in [1.82, 2.24) is 10.1 Å². The summed E-state index contributed by atoms with van der Waals surface area (Å²) in [6, 6.07) is 0.0885. The second-order valence-electron chi connectivity index (χ2n) is 5.29. The summed E-state index contributed by atoms with van der Waals surface area (Å²) in [4.78, 5) is 4.37. The molecule has 1 aliphatic heterocycles. The third-order valence-electron chi connectivity index (χ3n) is 3.94. The largest absolute Gasteiger partial charge is 0.339 e. The predicted molar refractivity (Wildman–Crippen MR) is 64.9 cm³/mol. The summed E-state index contributed by atoms with van der Waals surface area (Å²) in [7, 11) is -2.91. The molecule has 6 nitrogen and oxygen atoms in total. The van der Waals surface area contributed by atoms with Crippen molar-refractivity contribution in [3.63, 3.8) is 0 Å². The van der Waals surface area contributed by atoms with Crippen LogP contribution in [0, 0.1) is 0 Å². The maximum absolute atomic E-state index is 11.4. The maximum atomic E-state index is 11.4. The van der Waals surface area contributed by atoms with Crippen LogP contribution in [0.4, 0.5) is 0 Å². The van der Waals surface area contributed by atoms with Crippen molar-refractivity contribution in [3.05, 3.63) is 11.7 Å². The Balaban J connectivity index is 1.78. The highest BCUT2D eigenvalue weighted by atomic mass is 32.2. The van der Waals surface area contributed by atoms with Gasteiger partial charge in [-0.3, -0.25) is 0 Å². The lowest BCUT2D eigenvalue weighted by Gasteiger charge is -2.09. The minimum absolute atomic E-state index is 0.0885. The van der Waals surface area contributed by atoms with Gasteiger partial charge in [0.05, 0.1) is 17.4 Å². The molecule has 0 radical (unpaired) electrons. The highest BCUT2D eigenvalue weighted by Crippen LogP contribution is 2.34. The number of hydrogen-bond donors (Lipinski definition) is 1.